The van der Waals surface area contributed by atoms with Crippen LogP contribution in [0, 0.1) is 11.6 Å². The Bertz CT molecular complexity index is 1750. The van der Waals surface area contributed by atoms with Crippen LogP contribution in [-0.2, 0) is 0 Å². The van der Waals surface area contributed by atoms with Gasteiger partial charge in [0, 0.05) is 30.2 Å². The highest BCUT2D eigenvalue weighted by Gasteiger charge is 2.19. The van der Waals surface area contributed by atoms with Crippen LogP contribution in [0.25, 0.3) is 16.7 Å². The van der Waals surface area contributed by atoms with E-state index in [1.54, 1.807) is 0 Å². The van der Waals surface area contributed by atoms with Crippen LogP contribution in [0.5, 0.6) is 17.4 Å². The minimum atomic E-state index is -1.13. The molecule has 41 heavy (non-hydrogen) atoms. The Labute approximate surface area is 235 Å². The summed E-state index contributed by atoms with van der Waals surface area (Å²) in [5, 5.41) is 31.8. The summed E-state index contributed by atoms with van der Waals surface area (Å²) in [5.74, 6) is -2.17. The van der Waals surface area contributed by atoms with Crippen LogP contribution in [0.2, 0.25) is 0 Å². The number of pyridine rings is 1. The fraction of sp³-hybridized carbons (Fsp3) is 0.115. The SMILES string of the molecule is Cl.O=C(Nc1ccc(Oc2ccnc3[nH]nc(OCC(O)CO)c23)c(F)c1)c1ccnn(-c2ccc(F)cc2)c1=O. The van der Waals surface area contributed by atoms with Gasteiger partial charge in [-0.3, -0.25) is 14.7 Å². The topological polar surface area (TPSA) is 164 Å². The normalized spacial score (nSPS) is 11.5. The van der Waals surface area contributed by atoms with Gasteiger partial charge in [-0.05, 0) is 42.5 Å². The number of nitrogens with one attached hydrogen (secondary N) is 2. The van der Waals surface area contributed by atoms with Gasteiger partial charge >= 0.3 is 0 Å². The van der Waals surface area contributed by atoms with Crippen LogP contribution in [0.15, 0.2) is 71.8 Å². The largest absolute Gasteiger partial charge is 0.473 e. The highest BCUT2D eigenvalue weighted by Crippen LogP contribution is 2.35. The number of carbonyl (C=O) groups excluding carboxylic acids is 1. The number of halogens is 3. The molecule has 0 fully saturated rings. The van der Waals surface area contributed by atoms with Crippen molar-refractivity contribution in [1.82, 2.24) is 25.0 Å². The van der Waals surface area contributed by atoms with Crippen LogP contribution >= 0.6 is 12.4 Å². The number of aliphatic hydroxyl groups is 2. The summed E-state index contributed by atoms with van der Waals surface area (Å²) >= 11 is 0. The first-order valence-corrected chi connectivity index (χ1v) is 11.7. The molecule has 0 radical (unpaired) electrons. The molecular formula is C26H21ClF2N6O6. The number of H-pyrrole nitrogens is 1. The van der Waals surface area contributed by atoms with Gasteiger partial charge in [0.1, 0.15) is 35.2 Å². The Morgan fingerprint density at radius 1 is 1.07 bits per heavy atom. The summed E-state index contributed by atoms with van der Waals surface area (Å²) in [6.07, 6.45) is 1.51. The molecule has 0 bridgehead atoms. The average Bonchev–Trinajstić information content (AvgIpc) is 3.38. The molecule has 0 saturated heterocycles. The third-order valence-electron chi connectivity index (χ3n) is 5.58. The number of fused-ring (bicyclic) bond motifs is 1. The Hall–Kier alpha value is -4.92. The fourth-order valence-corrected chi connectivity index (χ4v) is 3.64. The smallest absolute Gasteiger partial charge is 0.284 e. The number of aromatic amines is 1. The predicted molar refractivity (Wildman–Crippen MR) is 144 cm³/mol. The van der Waals surface area contributed by atoms with Gasteiger partial charge in [0.15, 0.2) is 17.2 Å². The minimum absolute atomic E-state index is 0. The van der Waals surface area contributed by atoms with Crippen molar-refractivity contribution in [2.45, 2.75) is 6.10 Å². The summed E-state index contributed by atoms with van der Waals surface area (Å²) in [7, 11) is 0. The monoisotopic (exact) mass is 586 g/mol. The Kier molecular flexibility index (Phi) is 8.87. The standard InChI is InChI=1S/C26H20F2N6O6.ClH/c27-14-1-4-16(5-2-14)34-26(38)18(7-10-30-34)24(37)31-15-3-6-20(19(28)11-15)40-21-8-9-29-23-22(21)25(33-32-23)39-13-17(36)12-35;/h1-11,17,35-36H,12-13H2,(H,31,37)(H,29,32,33);1H. The zero-order valence-corrected chi connectivity index (χ0v) is 21.6. The van der Waals surface area contributed by atoms with Crippen LogP contribution in [0.4, 0.5) is 14.5 Å². The predicted octanol–water partition coefficient (Wildman–Crippen LogP) is 2.98. The summed E-state index contributed by atoms with van der Waals surface area (Å²) in [6.45, 7) is -0.760. The number of benzene rings is 2. The van der Waals surface area contributed by atoms with Crippen molar-refractivity contribution < 1.29 is 33.3 Å². The lowest BCUT2D eigenvalue weighted by molar-refractivity contribution is 0.0525. The van der Waals surface area contributed by atoms with E-state index in [1.807, 2.05) is 0 Å². The zero-order chi connectivity index (χ0) is 28.2. The average molecular weight is 587 g/mol. The second-order valence-corrected chi connectivity index (χ2v) is 8.35. The molecule has 0 aliphatic carbocycles. The summed E-state index contributed by atoms with van der Waals surface area (Å²) in [4.78, 5) is 29.7. The number of aromatic nitrogens is 5. The molecule has 0 aliphatic heterocycles. The van der Waals surface area contributed by atoms with E-state index in [0.717, 1.165) is 22.9 Å². The number of aliphatic hydroxyl groups excluding tert-OH is 2. The number of hydrogen-bond acceptors (Lipinski definition) is 9. The van der Waals surface area contributed by atoms with E-state index in [1.165, 1.54) is 48.8 Å². The molecule has 5 rings (SSSR count). The van der Waals surface area contributed by atoms with Gasteiger partial charge in [0.05, 0.1) is 12.3 Å². The molecule has 12 nitrogen and oxygen atoms in total. The first kappa shape index (κ1) is 29.1. The van der Waals surface area contributed by atoms with E-state index >= 15 is 0 Å². The number of hydrogen-bond donors (Lipinski definition) is 4. The molecule has 4 N–H and O–H groups in total. The van der Waals surface area contributed by atoms with Crippen molar-refractivity contribution in [2.24, 2.45) is 0 Å². The maximum absolute atomic E-state index is 15.0. The number of anilines is 1. The fourth-order valence-electron chi connectivity index (χ4n) is 3.64. The van der Waals surface area contributed by atoms with E-state index in [9.17, 15) is 23.5 Å². The number of amides is 1. The zero-order valence-electron chi connectivity index (χ0n) is 20.8. The van der Waals surface area contributed by atoms with Crippen molar-refractivity contribution in [1.29, 1.82) is 0 Å². The molecule has 5 aromatic rings. The Morgan fingerprint density at radius 3 is 2.59 bits per heavy atom. The molecule has 0 spiro atoms. The number of carbonyl (C=O) groups is 1. The van der Waals surface area contributed by atoms with Crippen molar-refractivity contribution >= 4 is 35.0 Å². The summed E-state index contributed by atoms with van der Waals surface area (Å²) in [6, 6.07) is 11.3. The second kappa shape index (κ2) is 12.5. The van der Waals surface area contributed by atoms with E-state index in [4.69, 9.17) is 14.6 Å². The molecule has 212 valence electrons. The van der Waals surface area contributed by atoms with Crippen LogP contribution in [0.3, 0.4) is 0 Å². The molecule has 1 unspecified atom stereocenters. The molecule has 15 heteroatoms. The third-order valence-corrected chi connectivity index (χ3v) is 5.58. The van der Waals surface area contributed by atoms with E-state index in [-0.39, 0.29) is 64.4 Å². The highest BCUT2D eigenvalue weighted by atomic mass is 35.5. The second-order valence-electron chi connectivity index (χ2n) is 8.35. The lowest BCUT2D eigenvalue weighted by Crippen LogP contribution is -2.29. The molecule has 1 atom stereocenters. The Balaban J connectivity index is 0.00000387. The molecule has 2 aromatic carbocycles. The third kappa shape index (κ3) is 6.30. The van der Waals surface area contributed by atoms with Crippen molar-refractivity contribution in [2.75, 3.05) is 18.5 Å². The molecule has 1 amide bonds. The summed E-state index contributed by atoms with van der Waals surface area (Å²) in [5.41, 5.74) is -0.436. The maximum Gasteiger partial charge on any atom is 0.284 e. The van der Waals surface area contributed by atoms with Gasteiger partial charge in [-0.2, -0.15) is 9.78 Å². The van der Waals surface area contributed by atoms with Gasteiger partial charge in [0.25, 0.3) is 11.5 Å². The molecule has 0 aliphatic rings. The van der Waals surface area contributed by atoms with Gasteiger partial charge < -0.3 is 25.0 Å². The first-order chi connectivity index (χ1) is 19.3. The van der Waals surface area contributed by atoms with Crippen molar-refractivity contribution in [3.63, 3.8) is 0 Å². The van der Waals surface area contributed by atoms with Crippen LogP contribution in [-0.4, -0.2) is 60.4 Å². The van der Waals surface area contributed by atoms with Gasteiger partial charge in [0.2, 0.25) is 5.88 Å². The van der Waals surface area contributed by atoms with E-state index in [0.29, 0.717) is 0 Å². The lowest BCUT2D eigenvalue weighted by Gasteiger charge is -2.12. The molecule has 3 aromatic heterocycles. The van der Waals surface area contributed by atoms with E-state index < -0.39 is 35.8 Å². The molecular weight excluding hydrogens is 566 g/mol. The van der Waals surface area contributed by atoms with Crippen molar-refractivity contribution in [3.8, 4) is 23.1 Å². The number of ether oxygens (including phenoxy) is 2. The van der Waals surface area contributed by atoms with Crippen LogP contribution < -0.4 is 20.3 Å². The summed E-state index contributed by atoms with van der Waals surface area (Å²) < 4.78 is 40.3. The van der Waals surface area contributed by atoms with Crippen molar-refractivity contribution in [3.05, 3.63) is 94.5 Å². The minimum Gasteiger partial charge on any atom is -0.473 e. The highest BCUT2D eigenvalue weighted by molar-refractivity contribution is 6.04. The lowest BCUT2D eigenvalue weighted by atomic mass is 10.2. The van der Waals surface area contributed by atoms with Gasteiger partial charge in [-0.1, -0.05) is 0 Å². The van der Waals surface area contributed by atoms with E-state index in [2.05, 4.69) is 25.6 Å². The van der Waals surface area contributed by atoms with Crippen LogP contribution in [0.1, 0.15) is 10.4 Å². The quantitative estimate of drug-likeness (QED) is 0.203. The molecule has 3 heterocycles. The molecule has 0 saturated carbocycles. The first-order valence-electron chi connectivity index (χ1n) is 11.7. The number of nitrogens with zero attached hydrogens (tertiary/aromatic N) is 4. The van der Waals surface area contributed by atoms with Gasteiger partial charge in [-0.25, -0.2) is 13.8 Å². The van der Waals surface area contributed by atoms with Gasteiger partial charge in [-0.15, -0.1) is 17.5 Å². The Morgan fingerprint density at radius 2 is 1.85 bits per heavy atom. The maximum atomic E-state index is 15.0. The number of rotatable bonds is 9.